The van der Waals surface area contributed by atoms with Crippen LogP contribution in [0, 0.1) is 0 Å². The Balaban J connectivity index is 1.59. The largest absolute Gasteiger partial charge is 0.508 e. The van der Waals surface area contributed by atoms with Crippen LogP contribution < -0.4 is 10.1 Å². The highest BCUT2D eigenvalue weighted by molar-refractivity contribution is 5.97. The number of para-hydroxylation sites is 1. The van der Waals surface area contributed by atoms with Crippen LogP contribution in [0.2, 0.25) is 0 Å². The predicted molar refractivity (Wildman–Crippen MR) is 103 cm³/mol. The van der Waals surface area contributed by atoms with E-state index in [-0.39, 0.29) is 24.0 Å². The Hall–Kier alpha value is -3.02. The topological polar surface area (TPSA) is 78.9 Å². The maximum Gasteiger partial charge on any atom is 0.247 e. The molecule has 0 radical (unpaired) electrons. The normalized spacial score (nSPS) is 16.2. The van der Waals surface area contributed by atoms with Gasteiger partial charge in [0.15, 0.2) is 0 Å². The van der Waals surface area contributed by atoms with E-state index in [0.717, 1.165) is 17.7 Å². The number of ether oxygens (including phenoxy) is 1. The second-order valence-electron chi connectivity index (χ2n) is 6.59. The SMILES string of the molecule is COc1ccc(NC(=O)C2CCCN2C(=O)CCc2ccccc2O)cc1. The number of benzene rings is 2. The van der Waals surface area contributed by atoms with Gasteiger partial charge in [0.25, 0.3) is 0 Å². The number of phenolic OH excluding ortho intramolecular Hbond substituents is 1. The van der Waals surface area contributed by atoms with Gasteiger partial charge in [0.05, 0.1) is 7.11 Å². The van der Waals surface area contributed by atoms with Crippen LogP contribution in [-0.2, 0) is 16.0 Å². The third-order valence-corrected chi connectivity index (χ3v) is 4.83. The van der Waals surface area contributed by atoms with Gasteiger partial charge < -0.3 is 20.1 Å². The highest BCUT2D eigenvalue weighted by Gasteiger charge is 2.33. The Morgan fingerprint density at radius 1 is 1.19 bits per heavy atom. The molecule has 2 N–H and O–H groups in total. The number of amides is 2. The van der Waals surface area contributed by atoms with Gasteiger partial charge in [-0.3, -0.25) is 9.59 Å². The number of aryl methyl sites for hydroxylation is 1. The molecule has 2 aromatic rings. The molecule has 6 heteroatoms. The molecule has 2 aromatic carbocycles. The number of nitrogens with zero attached hydrogens (tertiary/aromatic N) is 1. The quantitative estimate of drug-likeness (QED) is 0.822. The van der Waals surface area contributed by atoms with Gasteiger partial charge in [-0.25, -0.2) is 0 Å². The lowest BCUT2D eigenvalue weighted by Crippen LogP contribution is -2.43. The number of methoxy groups -OCH3 is 1. The third-order valence-electron chi connectivity index (χ3n) is 4.83. The molecule has 27 heavy (non-hydrogen) atoms. The molecule has 0 spiro atoms. The van der Waals surface area contributed by atoms with E-state index in [1.807, 2.05) is 6.07 Å². The van der Waals surface area contributed by atoms with Crippen molar-refractivity contribution in [1.29, 1.82) is 0 Å². The van der Waals surface area contributed by atoms with Gasteiger partial charge in [0, 0.05) is 18.7 Å². The molecule has 1 fully saturated rings. The van der Waals surface area contributed by atoms with Crippen molar-refractivity contribution in [3.05, 3.63) is 54.1 Å². The van der Waals surface area contributed by atoms with E-state index in [1.54, 1.807) is 54.5 Å². The van der Waals surface area contributed by atoms with Crippen molar-refractivity contribution in [2.75, 3.05) is 19.0 Å². The maximum absolute atomic E-state index is 12.6. The predicted octanol–water partition coefficient (Wildman–Crippen LogP) is 2.96. The number of rotatable bonds is 6. The van der Waals surface area contributed by atoms with Gasteiger partial charge in [-0.15, -0.1) is 0 Å². The first-order valence-electron chi connectivity index (χ1n) is 9.10. The second-order valence-corrected chi connectivity index (χ2v) is 6.59. The van der Waals surface area contributed by atoms with Gasteiger partial charge >= 0.3 is 0 Å². The fourth-order valence-electron chi connectivity index (χ4n) is 3.35. The fourth-order valence-corrected chi connectivity index (χ4v) is 3.35. The number of phenols is 1. The number of carbonyl (C=O) groups is 2. The van der Waals surface area contributed by atoms with Crippen LogP contribution in [-0.4, -0.2) is 41.5 Å². The summed E-state index contributed by atoms with van der Waals surface area (Å²) in [5.74, 6) is 0.676. The molecule has 1 aliphatic rings. The Morgan fingerprint density at radius 3 is 2.63 bits per heavy atom. The molecule has 1 heterocycles. The molecule has 3 rings (SSSR count). The van der Waals surface area contributed by atoms with E-state index in [1.165, 1.54) is 0 Å². The zero-order chi connectivity index (χ0) is 19.2. The summed E-state index contributed by atoms with van der Waals surface area (Å²) in [6.45, 7) is 0.584. The molecule has 1 saturated heterocycles. The smallest absolute Gasteiger partial charge is 0.247 e. The van der Waals surface area contributed by atoms with Crippen molar-refractivity contribution in [3.63, 3.8) is 0 Å². The summed E-state index contributed by atoms with van der Waals surface area (Å²) in [6, 6.07) is 13.6. The van der Waals surface area contributed by atoms with Crippen LogP contribution >= 0.6 is 0 Å². The highest BCUT2D eigenvalue weighted by Crippen LogP contribution is 2.23. The standard InChI is InChI=1S/C21H24N2O4/c1-27-17-11-9-16(10-12-17)22-21(26)18-6-4-14-23(18)20(25)13-8-15-5-2-3-7-19(15)24/h2-3,5,7,9-12,18,24H,4,6,8,13-14H2,1H3,(H,22,26). The summed E-state index contributed by atoms with van der Waals surface area (Å²) in [6.07, 6.45) is 2.19. The lowest BCUT2D eigenvalue weighted by molar-refractivity contribution is -0.136. The molecule has 6 nitrogen and oxygen atoms in total. The minimum absolute atomic E-state index is 0.0642. The van der Waals surface area contributed by atoms with Crippen molar-refractivity contribution in [1.82, 2.24) is 4.90 Å². The molecule has 1 aliphatic heterocycles. The first kappa shape index (κ1) is 18.8. The zero-order valence-electron chi connectivity index (χ0n) is 15.4. The van der Waals surface area contributed by atoms with E-state index in [2.05, 4.69) is 5.32 Å². The van der Waals surface area contributed by atoms with Crippen LogP contribution in [0.15, 0.2) is 48.5 Å². The van der Waals surface area contributed by atoms with E-state index >= 15 is 0 Å². The molecule has 1 unspecified atom stereocenters. The number of anilines is 1. The Kier molecular flexibility index (Phi) is 5.96. The molecular weight excluding hydrogens is 344 g/mol. The summed E-state index contributed by atoms with van der Waals surface area (Å²) in [5.41, 5.74) is 1.42. The molecule has 0 aliphatic carbocycles. The monoisotopic (exact) mass is 368 g/mol. The van der Waals surface area contributed by atoms with Crippen LogP contribution in [0.1, 0.15) is 24.8 Å². The molecule has 0 saturated carbocycles. The molecule has 142 valence electrons. The first-order valence-corrected chi connectivity index (χ1v) is 9.10. The Bertz CT molecular complexity index is 804. The molecule has 2 amide bonds. The zero-order valence-corrected chi connectivity index (χ0v) is 15.4. The van der Waals surface area contributed by atoms with Crippen LogP contribution in [0.4, 0.5) is 5.69 Å². The number of hydrogen-bond donors (Lipinski definition) is 2. The van der Waals surface area contributed by atoms with E-state index in [4.69, 9.17) is 4.74 Å². The summed E-state index contributed by atoms with van der Waals surface area (Å²) in [4.78, 5) is 26.9. The van der Waals surface area contributed by atoms with Crippen molar-refractivity contribution < 1.29 is 19.4 Å². The van der Waals surface area contributed by atoms with E-state index in [0.29, 0.717) is 25.1 Å². The Labute approximate surface area is 158 Å². The molecule has 1 atom stereocenters. The van der Waals surface area contributed by atoms with E-state index < -0.39 is 6.04 Å². The molecule has 0 bridgehead atoms. The minimum Gasteiger partial charge on any atom is -0.508 e. The van der Waals surface area contributed by atoms with Crippen LogP contribution in [0.3, 0.4) is 0 Å². The number of likely N-dealkylation sites (tertiary alicyclic amines) is 1. The lowest BCUT2D eigenvalue weighted by atomic mass is 10.1. The summed E-state index contributed by atoms with van der Waals surface area (Å²) < 4.78 is 5.11. The van der Waals surface area contributed by atoms with Crippen LogP contribution in [0.25, 0.3) is 0 Å². The van der Waals surface area contributed by atoms with Gasteiger partial charge in [-0.1, -0.05) is 18.2 Å². The first-order chi connectivity index (χ1) is 13.1. The van der Waals surface area contributed by atoms with Gasteiger partial charge in [0.2, 0.25) is 11.8 Å². The van der Waals surface area contributed by atoms with Gasteiger partial charge in [-0.2, -0.15) is 0 Å². The summed E-state index contributed by atoms with van der Waals surface area (Å²) in [7, 11) is 1.59. The van der Waals surface area contributed by atoms with Crippen molar-refractivity contribution in [2.24, 2.45) is 0 Å². The number of carbonyl (C=O) groups excluding carboxylic acids is 2. The summed E-state index contributed by atoms with van der Waals surface area (Å²) >= 11 is 0. The molecular formula is C21H24N2O4. The number of nitrogens with one attached hydrogen (secondary N) is 1. The van der Waals surface area contributed by atoms with Gasteiger partial charge in [-0.05, 0) is 55.2 Å². The maximum atomic E-state index is 12.6. The second kappa shape index (κ2) is 8.58. The highest BCUT2D eigenvalue weighted by atomic mass is 16.5. The third kappa shape index (κ3) is 4.58. The van der Waals surface area contributed by atoms with Crippen molar-refractivity contribution >= 4 is 17.5 Å². The Morgan fingerprint density at radius 2 is 1.93 bits per heavy atom. The lowest BCUT2D eigenvalue weighted by Gasteiger charge is -2.24. The molecule has 0 aromatic heterocycles. The van der Waals surface area contributed by atoms with Gasteiger partial charge in [0.1, 0.15) is 17.5 Å². The summed E-state index contributed by atoms with van der Waals surface area (Å²) in [5, 5.41) is 12.7. The fraction of sp³-hybridized carbons (Fsp3) is 0.333. The average Bonchev–Trinajstić information content (AvgIpc) is 3.18. The number of aromatic hydroxyl groups is 1. The van der Waals surface area contributed by atoms with Crippen molar-refractivity contribution in [2.45, 2.75) is 31.7 Å². The van der Waals surface area contributed by atoms with Crippen molar-refractivity contribution in [3.8, 4) is 11.5 Å². The van der Waals surface area contributed by atoms with E-state index in [9.17, 15) is 14.7 Å². The number of hydrogen-bond acceptors (Lipinski definition) is 4. The average molecular weight is 368 g/mol. The van der Waals surface area contributed by atoms with Crippen LogP contribution in [0.5, 0.6) is 11.5 Å². The minimum atomic E-state index is -0.455.